The van der Waals surface area contributed by atoms with Crippen molar-refractivity contribution >= 4 is 39.1 Å². The first-order chi connectivity index (χ1) is 8.63. The number of hydrogen-bond acceptors (Lipinski definition) is 2. The van der Waals surface area contributed by atoms with Crippen LogP contribution in [0, 0.1) is 0 Å². The van der Waals surface area contributed by atoms with Crippen LogP contribution in [-0.4, -0.2) is 12.0 Å². The molecule has 2 aromatic rings. The molecule has 18 heavy (non-hydrogen) atoms. The summed E-state index contributed by atoms with van der Waals surface area (Å²) in [5.74, 6) is 0. The van der Waals surface area contributed by atoms with Crippen LogP contribution in [0.25, 0.3) is 0 Å². The van der Waals surface area contributed by atoms with E-state index in [0.717, 1.165) is 15.7 Å². The van der Waals surface area contributed by atoms with Crippen LogP contribution in [0.4, 0.5) is 0 Å². The summed E-state index contributed by atoms with van der Waals surface area (Å²) in [6.45, 7) is 0. The molecule has 1 atom stereocenters. The molecule has 1 N–H and O–H groups in total. The Morgan fingerprint density at radius 2 is 2.00 bits per heavy atom. The molecule has 94 valence electrons. The first kappa shape index (κ1) is 13.8. The van der Waals surface area contributed by atoms with Crippen molar-refractivity contribution in [3.63, 3.8) is 0 Å². The summed E-state index contributed by atoms with van der Waals surface area (Å²) in [6, 6.07) is 9.40. The van der Waals surface area contributed by atoms with Gasteiger partial charge in [0.25, 0.3) is 0 Å². The lowest BCUT2D eigenvalue weighted by atomic mass is 10.0. The summed E-state index contributed by atoms with van der Waals surface area (Å²) < 4.78 is 0.954. The molecular weight excluding hydrogens is 335 g/mol. The number of benzene rings is 1. The summed E-state index contributed by atoms with van der Waals surface area (Å²) in [4.78, 5) is 4.39. The number of rotatable bonds is 3. The molecule has 5 heteroatoms. The van der Waals surface area contributed by atoms with Crippen molar-refractivity contribution in [1.29, 1.82) is 0 Å². The van der Waals surface area contributed by atoms with E-state index >= 15 is 0 Å². The quantitative estimate of drug-likeness (QED) is 0.888. The van der Waals surface area contributed by atoms with E-state index in [0.29, 0.717) is 10.0 Å². The molecule has 1 aromatic heterocycles. The summed E-state index contributed by atoms with van der Waals surface area (Å²) >= 11 is 15.5. The Hall–Kier alpha value is -0.610. The minimum atomic E-state index is -0.0321. The second-order valence-corrected chi connectivity index (χ2v) is 5.43. The molecule has 0 saturated carbocycles. The Morgan fingerprint density at radius 3 is 2.61 bits per heavy atom. The molecule has 1 heterocycles. The van der Waals surface area contributed by atoms with E-state index in [9.17, 15) is 0 Å². The van der Waals surface area contributed by atoms with E-state index in [1.54, 1.807) is 12.3 Å². The SMILES string of the molecule is CNC(c1ccc(Cl)c(Cl)c1)c1ncccc1Br. The second kappa shape index (κ2) is 6.02. The second-order valence-electron chi connectivity index (χ2n) is 3.77. The van der Waals surface area contributed by atoms with Crippen LogP contribution in [-0.2, 0) is 0 Å². The molecule has 0 saturated heterocycles. The minimum Gasteiger partial charge on any atom is -0.308 e. The molecule has 0 aliphatic heterocycles. The smallest absolute Gasteiger partial charge is 0.0761 e. The van der Waals surface area contributed by atoms with Crippen molar-refractivity contribution in [3.05, 3.63) is 62.3 Å². The average molecular weight is 346 g/mol. The highest BCUT2D eigenvalue weighted by Gasteiger charge is 2.16. The molecule has 0 spiro atoms. The highest BCUT2D eigenvalue weighted by Crippen LogP contribution is 2.30. The fourth-order valence-electron chi connectivity index (χ4n) is 1.76. The minimum absolute atomic E-state index is 0.0321. The van der Waals surface area contributed by atoms with Gasteiger partial charge >= 0.3 is 0 Å². The highest BCUT2D eigenvalue weighted by atomic mass is 79.9. The van der Waals surface area contributed by atoms with Gasteiger partial charge in [0.1, 0.15) is 0 Å². The Morgan fingerprint density at radius 1 is 1.22 bits per heavy atom. The first-order valence-electron chi connectivity index (χ1n) is 5.36. The third kappa shape index (κ3) is 2.86. The third-order valence-corrected chi connectivity index (χ3v) is 4.04. The topological polar surface area (TPSA) is 24.9 Å². The van der Waals surface area contributed by atoms with Crippen LogP contribution < -0.4 is 5.32 Å². The van der Waals surface area contributed by atoms with Crippen LogP contribution in [0.1, 0.15) is 17.3 Å². The molecule has 0 bridgehead atoms. The van der Waals surface area contributed by atoms with E-state index in [-0.39, 0.29) is 6.04 Å². The highest BCUT2D eigenvalue weighted by molar-refractivity contribution is 9.10. The number of halogens is 3. The van der Waals surface area contributed by atoms with Crippen LogP contribution in [0.15, 0.2) is 41.0 Å². The molecule has 2 rings (SSSR count). The molecule has 2 nitrogen and oxygen atoms in total. The van der Waals surface area contributed by atoms with Crippen LogP contribution >= 0.6 is 39.1 Å². The molecule has 0 aliphatic rings. The van der Waals surface area contributed by atoms with Gasteiger partial charge in [-0.2, -0.15) is 0 Å². The number of hydrogen-bond donors (Lipinski definition) is 1. The number of aromatic nitrogens is 1. The van der Waals surface area contributed by atoms with Gasteiger partial charge in [-0.15, -0.1) is 0 Å². The van der Waals surface area contributed by atoms with Gasteiger partial charge in [-0.25, -0.2) is 0 Å². The molecule has 0 radical (unpaired) electrons. The van der Waals surface area contributed by atoms with Crippen molar-refractivity contribution in [2.24, 2.45) is 0 Å². The van der Waals surface area contributed by atoms with Gasteiger partial charge in [0.2, 0.25) is 0 Å². The Labute approximate surface area is 124 Å². The Bertz CT molecular complexity index is 560. The van der Waals surface area contributed by atoms with Gasteiger partial charge in [0.05, 0.1) is 21.8 Å². The van der Waals surface area contributed by atoms with E-state index in [2.05, 4.69) is 26.2 Å². The lowest BCUT2D eigenvalue weighted by Gasteiger charge is -2.18. The van der Waals surface area contributed by atoms with Crippen LogP contribution in [0.3, 0.4) is 0 Å². The van der Waals surface area contributed by atoms with Crippen LogP contribution in [0.5, 0.6) is 0 Å². The molecule has 0 amide bonds. The predicted octanol–water partition coefficient (Wildman–Crippen LogP) is 4.46. The van der Waals surface area contributed by atoms with Crippen molar-refractivity contribution < 1.29 is 0 Å². The van der Waals surface area contributed by atoms with Gasteiger partial charge in [-0.1, -0.05) is 29.3 Å². The predicted molar refractivity (Wildman–Crippen MR) is 79.3 cm³/mol. The molecule has 0 fully saturated rings. The Balaban J connectivity index is 2.45. The third-order valence-electron chi connectivity index (χ3n) is 2.63. The standard InChI is InChI=1S/C13H11BrCl2N2/c1-17-12(13-9(14)3-2-6-18-13)8-4-5-10(15)11(16)7-8/h2-7,12,17H,1H3. The molecular formula is C13H11BrCl2N2. The summed E-state index contributed by atoms with van der Waals surface area (Å²) in [5.41, 5.74) is 1.93. The van der Waals surface area contributed by atoms with E-state index in [1.165, 1.54) is 0 Å². The van der Waals surface area contributed by atoms with Gasteiger partial charge in [0.15, 0.2) is 0 Å². The van der Waals surface area contributed by atoms with Crippen molar-refractivity contribution in [3.8, 4) is 0 Å². The largest absolute Gasteiger partial charge is 0.308 e. The van der Waals surface area contributed by atoms with Gasteiger partial charge in [-0.3, -0.25) is 4.98 Å². The maximum Gasteiger partial charge on any atom is 0.0761 e. The van der Waals surface area contributed by atoms with Crippen molar-refractivity contribution in [1.82, 2.24) is 10.3 Å². The lowest BCUT2D eigenvalue weighted by molar-refractivity contribution is 0.667. The van der Waals surface area contributed by atoms with E-state index in [1.807, 2.05) is 31.3 Å². The first-order valence-corrected chi connectivity index (χ1v) is 6.91. The maximum atomic E-state index is 6.05. The van der Waals surface area contributed by atoms with Crippen LogP contribution in [0.2, 0.25) is 10.0 Å². The normalized spacial score (nSPS) is 12.4. The fraction of sp³-hybridized carbons (Fsp3) is 0.154. The molecule has 1 aromatic carbocycles. The van der Waals surface area contributed by atoms with Gasteiger partial charge in [-0.05, 0) is 52.8 Å². The maximum absolute atomic E-state index is 6.05. The average Bonchev–Trinajstić information content (AvgIpc) is 2.37. The molecule has 1 unspecified atom stereocenters. The van der Waals surface area contributed by atoms with E-state index < -0.39 is 0 Å². The van der Waals surface area contributed by atoms with E-state index in [4.69, 9.17) is 23.2 Å². The number of nitrogens with zero attached hydrogens (tertiary/aromatic N) is 1. The van der Waals surface area contributed by atoms with Crippen molar-refractivity contribution in [2.45, 2.75) is 6.04 Å². The van der Waals surface area contributed by atoms with Gasteiger partial charge in [0, 0.05) is 10.7 Å². The number of pyridine rings is 1. The summed E-state index contributed by atoms with van der Waals surface area (Å²) in [6.07, 6.45) is 1.77. The molecule has 0 aliphatic carbocycles. The van der Waals surface area contributed by atoms with Crippen molar-refractivity contribution in [2.75, 3.05) is 7.05 Å². The zero-order valence-corrected chi connectivity index (χ0v) is 12.7. The Kier molecular flexibility index (Phi) is 4.62. The summed E-state index contributed by atoms with van der Waals surface area (Å²) in [5, 5.41) is 4.32. The fourth-order valence-corrected chi connectivity index (χ4v) is 2.55. The zero-order valence-electron chi connectivity index (χ0n) is 9.62. The number of nitrogens with one attached hydrogen (secondary N) is 1. The lowest BCUT2D eigenvalue weighted by Crippen LogP contribution is -2.19. The summed E-state index contributed by atoms with van der Waals surface area (Å²) in [7, 11) is 1.88. The van der Waals surface area contributed by atoms with Gasteiger partial charge < -0.3 is 5.32 Å². The monoisotopic (exact) mass is 344 g/mol. The zero-order chi connectivity index (χ0) is 13.1.